The van der Waals surface area contributed by atoms with Crippen molar-refractivity contribution in [3.63, 3.8) is 0 Å². The molecule has 2 atom stereocenters. The summed E-state index contributed by atoms with van der Waals surface area (Å²) in [7, 11) is 0. The van der Waals surface area contributed by atoms with Crippen molar-refractivity contribution >= 4 is 0 Å². The fraction of sp³-hybridized carbons (Fsp3) is 0.538. The molecule has 1 fully saturated rings. The monoisotopic (exact) mass is 222 g/mol. The number of aliphatic hydroxyl groups excluding tert-OH is 1. The Morgan fingerprint density at radius 2 is 2.19 bits per heavy atom. The van der Waals surface area contributed by atoms with Crippen LogP contribution in [0.5, 0.6) is 5.75 Å². The minimum Gasteiger partial charge on any atom is -0.488 e. The fourth-order valence-electron chi connectivity index (χ4n) is 1.78. The van der Waals surface area contributed by atoms with Crippen LogP contribution in [-0.4, -0.2) is 31.0 Å². The van der Waals surface area contributed by atoms with Gasteiger partial charge in [-0.2, -0.15) is 0 Å². The molecule has 3 nitrogen and oxygen atoms in total. The molecule has 0 radical (unpaired) electrons. The standard InChI is InChI=1S/C13H18O3/c1-10(8-14)11-2-4-12(5-3-11)16-13-6-7-15-9-13/h2-5,10,13-14H,6-9H2,1H3. The molecule has 0 aliphatic carbocycles. The van der Waals surface area contributed by atoms with Gasteiger partial charge < -0.3 is 14.6 Å². The highest BCUT2D eigenvalue weighted by molar-refractivity contribution is 5.29. The first-order chi connectivity index (χ1) is 7.79. The number of aliphatic hydroxyl groups is 1. The Hall–Kier alpha value is -1.06. The van der Waals surface area contributed by atoms with Gasteiger partial charge in [-0.25, -0.2) is 0 Å². The molecule has 3 heteroatoms. The van der Waals surface area contributed by atoms with Gasteiger partial charge in [-0.3, -0.25) is 0 Å². The van der Waals surface area contributed by atoms with Crippen molar-refractivity contribution in [3.05, 3.63) is 29.8 Å². The van der Waals surface area contributed by atoms with Crippen LogP contribution in [0.4, 0.5) is 0 Å². The lowest BCUT2D eigenvalue weighted by molar-refractivity contribution is 0.141. The number of ether oxygens (including phenoxy) is 2. The Balaban J connectivity index is 1.96. The van der Waals surface area contributed by atoms with Crippen LogP contribution in [0, 0.1) is 0 Å². The van der Waals surface area contributed by atoms with E-state index in [2.05, 4.69) is 0 Å². The molecule has 1 aromatic rings. The van der Waals surface area contributed by atoms with Crippen LogP contribution in [0.25, 0.3) is 0 Å². The molecule has 1 aliphatic rings. The van der Waals surface area contributed by atoms with Crippen molar-refractivity contribution in [3.8, 4) is 5.75 Å². The van der Waals surface area contributed by atoms with Crippen LogP contribution >= 0.6 is 0 Å². The van der Waals surface area contributed by atoms with E-state index in [4.69, 9.17) is 14.6 Å². The van der Waals surface area contributed by atoms with E-state index in [-0.39, 0.29) is 18.6 Å². The molecule has 0 spiro atoms. The molecule has 1 saturated heterocycles. The molecule has 0 aromatic heterocycles. The second-order valence-electron chi connectivity index (χ2n) is 4.26. The minimum atomic E-state index is 0.177. The van der Waals surface area contributed by atoms with Crippen molar-refractivity contribution in [1.29, 1.82) is 0 Å². The van der Waals surface area contributed by atoms with E-state index in [0.29, 0.717) is 6.61 Å². The number of hydrogen-bond donors (Lipinski definition) is 1. The SMILES string of the molecule is CC(CO)c1ccc(OC2CCOC2)cc1. The molecule has 0 amide bonds. The van der Waals surface area contributed by atoms with Crippen LogP contribution in [0.3, 0.4) is 0 Å². The Bertz CT molecular complexity index is 314. The van der Waals surface area contributed by atoms with Crippen LogP contribution < -0.4 is 4.74 Å². The molecule has 1 N–H and O–H groups in total. The predicted molar refractivity (Wildman–Crippen MR) is 61.8 cm³/mol. The molecule has 88 valence electrons. The van der Waals surface area contributed by atoms with Crippen molar-refractivity contribution in [1.82, 2.24) is 0 Å². The third-order valence-electron chi connectivity index (χ3n) is 2.91. The van der Waals surface area contributed by atoms with E-state index >= 15 is 0 Å². The molecule has 0 bridgehead atoms. The molecular weight excluding hydrogens is 204 g/mol. The summed E-state index contributed by atoms with van der Waals surface area (Å²) in [6.45, 7) is 3.66. The molecule has 1 aromatic carbocycles. The largest absolute Gasteiger partial charge is 0.488 e. The number of hydrogen-bond acceptors (Lipinski definition) is 3. The summed E-state index contributed by atoms with van der Waals surface area (Å²) >= 11 is 0. The van der Waals surface area contributed by atoms with E-state index in [1.54, 1.807) is 0 Å². The Labute approximate surface area is 96.0 Å². The summed E-state index contributed by atoms with van der Waals surface area (Å²) in [5, 5.41) is 9.04. The van der Waals surface area contributed by atoms with Gasteiger partial charge in [0, 0.05) is 18.9 Å². The smallest absolute Gasteiger partial charge is 0.124 e. The van der Waals surface area contributed by atoms with Crippen molar-refractivity contribution in [2.45, 2.75) is 25.4 Å². The fourth-order valence-corrected chi connectivity index (χ4v) is 1.78. The van der Waals surface area contributed by atoms with Crippen molar-refractivity contribution in [2.24, 2.45) is 0 Å². The topological polar surface area (TPSA) is 38.7 Å². The Morgan fingerprint density at radius 3 is 2.75 bits per heavy atom. The van der Waals surface area contributed by atoms with E-state index in [1.165, 1.54) is 0 Å². The third kappa shape index (κ3) is 2.74. The molecule has 2 unspecified atom stereocenters. The summed E-state index contributed by atoms with van der Waals surface area (Å²) in [5.74, 6) is 1.06. The first-order valence-electron chi connectivity index (χ1n) is 5.75. The van der Waals surface area contributed by atoms with Gasteiger partial charge in [0.1, 0.15) is 11.9 Å². The highest BCUT2D eigenvalue weighted by Gasteiger charge is 2.17. The highest BCUT2D eigenvalue weighted by atomic mass is 16.5. The van der Waals surface area contributed by atoms with Crippen molar-refractivity contribution in [2.75, 3.05) is 19.8 Å². The molecule has 0 saturated carbocycles. The minimum absolute atomic E-state index is 0.177. The molecule has 2 rings (SSSR count). The number of benzene rings is 1. The van der Waals surface area contributed by atoms with E-state index in [0.717, 1.165) is 24.3 Å². The summed E-state index contributed by atoms with van der Waals surface area (Å²) in [5.41, 5.74) is 1.14. The Morgan fingerprint density at radius 1 is 1.44 bits per heavy atom. The first-order valence-corrected chi connectivity index (χ1v) is 5.75. The van der Waals surface area contributed by atoms with Gasteiger partial charge >= 0.3 is 0 Å². The van der Waals surface area contributed by atoms with Gasteiger partial charge in [-0.05, 0) is 17.7 Å². The first kappa shape index (κ1) is 11.4. The maximum absolute atomic E-state index is 9.04. The van der Waals surface area contributed by atoms with Gasteiger partial charge in [-0.1, -0.05) is 19.1 Å². The zero-order valence-electron chi connectivity index (χ0n) is 9.56. The van der Waals surface area contributed by atoms with Crippen molar-refractivity contribution < 1.29 is 14.6 Å². The van der Waals surface area contributed by atoms with E-state index in [9.17, 15) is 0 Å². The van der Waals surface area contributed by atoms with Gasteiger partial charge in [0.05, 0.1) is 13.2 Å². The van der Waals surface area contributed by atoms with Gasteiger partial charge in [0.2, 0.25) is 0 Å². The predicted octanol–water partition coefficient (Wildman–Crippen LogP) is 1.95. The lowest BCUT2D eigenvalue weighted by atomic mass is 10.0. The Kier molecular flexibility index (Phi) is 3.80. The quantitative estimate of drug-likeness (QED) is 0.846. The summed E-state index contributed by atoms with van der Waals surface area (Å²) < 4.78 is 11.0. The van der Waals surface area contributed by atoms with Crippen LogP contribution in [0.15, 0.2) is 24.3 Å². The normalized spacial score (nSPS) is 22.0. The highest BCUT2D eigenvalue weighted by Crippen LogP contribution is 2.21. The second kappa shape index (κ2) is 5.32. The average molecular weight is 222 g/mol. The van der Waals surface area contributed by atoms with Crippen LogP contribution in [0.1, 0.15) is 24.8 Å². The summed E-state index contributed by atoms with van der Waals surface area (Å²) in [6, 6.07) is 7.93. The average Bonchev–Trinajstić information content (AvgIpc) is 2.82. The van der Waals surface area contributed by atoms with Crippen LogP contribution in [-0.2, 0) is 4.74 Å². The van der Waals surface area contributed by atoms with Crippen LogP contribution in [0.2, 0.25) is 0 Å². The molecule has 1 heterocycles. The summed E-state index contributed by atoms with van der Waals surface area (Å²) in [4.78, 5) is 0. The lowest BCUT2D eigenvalue weighted by Crippen LogP contribution is -2.15. The maximum Gasteiger partial charge on any atom is 0.124 e. The van der Waals surface area contributed by atoms with E-state index < -0.39 is 0 Å². The third-order valence-corrected chi connectivity index (χ3v) is 2.91. The maximum atomic E-state index is 9.04. The lowest BCUT2D eigenvalue weighted by Gasteiger charge is -2.13. The van der Waals surface area contributed by atoms with Gasteiger partial charge in [0.25, 0.3) is 0 Å². The van der Waals surface area contributed by atoms with Gasteiger partial charge in [-0.15, -0.1) is 0 Å². The second-order valence-corrected chi connectivity index (χ2v) is 4.26. The van der Waals surface area contributed by atoms with Gasteiger partial charge in [0.15, 0.2) is 0 Å². The number of rotatable bonds is 4. The molecular formula is C13H18O3. The zero-order chi connectivity index (χ0) is 11.4. The molecule has 1 aliphatic heterocycles. The molecule has 16 heavy (non-hydrogen) atoms. The zero-order valence-corrected chi connectivity index (χ0v) is 9.56. The summed E-state index contributed by atoms with van der Waals surface area (Å²) in [6.07, 6.45) is 1.16. The van der Waals surface area contributed by atoms with E-state index in [1.807, 2.05) is 31.2 Å².